The van der Waals surface area contributed by atoms with Crippen LogP contribution in [0.15, 0.2) is 27.4 Å². The van der Waals surface area contributed by atoms with Gasteiger partial charge in [-0.2, -0.15) is 0 Å². The van der Waals surface area contributed by atoms with Gasteiger partial charge in [-0.15, -0.1) is 0 Å². The number of carbonyl (C=O) groups excluding carboxylic acids is 1. The molecule has 6 heteroatoms. The van der Waals surface area contributed by atoms with Crippen molar-refractivity contribution < 1.29 is 13.9 Å². The average molecular weight is 364 g/mol. The van der Waals surface area contributed by atoms with Gasteiger partial charge in [-0.3, -0.25) is 4.79 Å². The van der Waals surface area contributed by atoms with Crippen LogP contribution in [0.2, 0.25) is 5.02 Å². The van der Waals surface area contributed by atoms with Crippen LogP contribution < -0.4 is 10.4 Å². The lowest BCUT2D eigenvalue weighted by Gasteiger charge is -2.32. The first-order chi connectivity index (χ1) is 11.8. The van der Waals surface area contributed by atoms with Gasteiger partial charge < -0.3 is 14.1 Å². The van der Waals surface area contributed by atoms with Gasteiger partial charge in [0.2, 0.25) is 0 Å². The highest BCUT2D eigenvalue weighted by molar-refractivity contribution is 6.32. The number of hydrogen-bond acceptors (Lipinski definition) is 4. The van der Waals surface area contributed by atoms with Gasteiger partial charge in [-0.1, -0.05) is 18.5 Å². The summed E-state index contributed by atoms with van der Waals surface area (Å²) in [7, 11) is 0. The van der Waals surface area contributed by atoms with Crippen LogP contribution in [0.4, 0.5) is 0 Å². The van der Waals surface area contributed by atoms with Crippen LogP contribution in [0.1, 0.15) is 32.3 Å². The van der Waals surface area contributed by atoms with E-state index in [4.69, 9.17) is 20.8 Å². The van der Waals surface area contributed by atoms with Gasteiger partial charge >= 0.3 is 5.63 Å². The molecule has 134 valence electrons. The van der Waals surface area contributed by atoms with Crippen LogP contribution in [-0.2, 0) is 4.79 Å². The fourth-order valence-electron chi connectivity index (χ4n) is 3.14. The summed E-state index contributed by atoms with van der Waals surface area (Å²) >= 11 is 6.30. The molecule has 3 rings (SSSR count). The lowest BCUT2D eigenvalue weighted by atomic mass is 9.99. The third kappa shape index (κ3) is 3.82. The molecule has 0 radical (unpaired) electrons. The molecular weight excluding hydrogens is 342 g/mol. The Morgan fingerprint density at radius 3 is 2.68 bits per heavy atom. The Balaban J connectivity index is 1.81. The van der Waals surface area contributed by atoms with Crippen LogP contribution in [0, 0.1) is 12.8 Å². The minimum atomic E-state index is -0.653. The second-order valence-electron chi connectivity index (χ2n) is 6.80. The van der Waals surface area contributed by atoms with Crippen LogP contribution in [0.3, 0.4) is 0 Å². The average Bonchev–Trinajstić information content (AvgIpc) is 2.56. The zero-order valence-electron chi connectivity index (χ0n) is 14.7. The van der Waals surface area contributed by atoms with Gasteiger partial charge in [-0.25, -0.2) is 4.79 Å². The number of aryl methyl sites for hydroxylation is 1. The zero-order valence-corrected chi connectivity index (χ0v) is 15.4. The van der Waals surface area contributed by atoms with E-state index < -0.39 is 11.7 Å². The van der Waals surface area contributed by atoms with Gasteiger partial charge in [0.25, 0.3) is 5.91 Å². The van der Waals surface area contributed by atoms with Crippen molar-refractivity contribution in [1.82, 2.24) is 4.90 Å². The largest absolute Gasteiger partial charge is 0.479 e. The second-order valence-corrected chi connectivity index (χ2v) is 7.20. The Labute approximate surface area is 151 Å². The molecule has 1 atom stereocenters. The summed E-state index contributed by atoms with van der Waals surface area (Å²) in [5.41, 5.74) is 0.756. The summed E-state index contributed by atoms with van der Waals surface area (Å²) in [5, 5.41) is 1.14. The molecule has 1 fully saturated rings. The molecule has 1 unspecified atom stereocenters. The van der Waals surface area contributed by atoms with Crippen molar-refractivity contribution in [2.45, 2.75) is 39.7 Å². The molecular formula is C19H22ClNO4. The van der Waals surface area contributed by atoms with E-state index in [2.05, 4.69) is 6.92 Å². The van der Waals surface area contributed by atoms with Crippen molar-refractivity contribution in [2.75, 3.05) is 13.1 Å². The Morgan fingerprint density at radius 1 is 1.32 bits per heavy atom. The number of amides is 1. The van der Waals surface area contributed by atoms with Crippen molar-refractivity contribution in [2.24, 2.45) is 5.92 Å². The van der Waals surface area contributed by atoms with E-state index in [9.17, 15) is 9.59 Å². The molecule has 0 saturated carbocycles. The minimum absolute atomic E-state index is 0.0474. The second kappa shape index (κ2) is 7.08. The highest BCUT2D eigenvalue weighted by Gasteiger charge is 2.26. The van der Waals surface area contributed by atoms with E-state index in [-0.39, 0.29) is 5.91 Å². The summed E-state index contributed by atoms with van der Waals surface area (Å²) in [6.45, 7) is 7.25. The summed E-state index contributed by atoms with van der Waals surface area (Å²) < 4.78 is 11.0. The smallest absolute Gasteiger partial charge is 0.336 e. The molecule has 0 spiro atoms. The molecule has 1 aromatic carbocycles. The predicted molar refractivity (Wildman–Crippen MR) is 97.3 cm³/mol. The van der Waals surface area contributed by atoms with Crippen LogP contribution >= 0.6 is 11.6 Å². The minimum Gasteiger partial charge on any atom is -0.479 e. The molecule has 1 aliphatic heterocycles. The van der Waals surface area contributed by atoms with Crippen molar-refractivity contribution in [3.05, 3.63) is 39.2 Å². The molecule has 0 aliphatic carbocycles. The third-order valence-electron chi connectivity index (χ3n) is 4.75. The van der Waals surface area contributed by atoms with Gasteiger partial charge in [0, 0.05) is 30.6 Å². The van der Waals surface area contributed by atoms with E-state index in [1.165, 1.54) is 6.07 Å². The lowest BCUT2D eigenvalue weighted by molar-refractivity contribution is -0.139. The van der Waals surface area contributed by atoms with Crippen molar-refractivity contribution >= 4 is 28.5 Å². The first kappa shape index (κ1) is 17.8. The number of ether oxygens (including phenoxy) is 1. The normalized spacial score (nSPS) is 16.9. The van der Waals surface area contributed by atoms with E-state index in [1.54, 1.807) is 19.1 Å². The Morgan fingerprint density at radius 2 is 2.00 bits per heavy atom. The lowest BCUT2D eigenvalue weighted by Crippen LogP contribution is -2.44. The monoisotopic (exact) mass is 363 g/mol. The number of carbonyl (C=O) groups is 1. The number of rotatable bonds is 3. The van der Waals surface area contributed by atoms with E-state index in [0.29, 0.717) is 22.3 Å². The first-order valence-corrected chi connectivity index (χ1v) is 8.92. The molecule has 2 aromatic rings. The molecule has 1 amide bonds. The maximum Gasteiger partial charge on any atom is 0.336 e. The maximum atomic E-state index is 12.6. The number of fused-ring (bicyclic) bond motifs is 1. The number of nitrogens with zero attached hydrogens (tertiary/aromatic N) is 1. The highest BCUT2D eigenvalue weighted by Crippen LogP contribution is 2.32. The molecule has 1 aliphatic rings. The molecule has 2 heterocycles. The maximum absolute atomic E-state index is 12.6. The molecule has 5 nitrogen and oxygen atoms in total. The van der Waals surface area contributed by atoms with Crippen LogP contribution in [0.25, 0.3) is 11.0 Å². The van der Waals surface area contributed by atoms with Gasteiger partial charge in [0.05, 0.1) is 5.02 Å². The highest BCUT2D eigenvalue weighted by atomic mass is 35.5. The van der Waals surface area contributed by atoms with Crippen molar-refractivity contribution in [3.8, 4) is 5.75 Å². The van der Waals surface area contributed by atoms with E-state index >= 15 is 0 Å². The summed E-state index contributed by atoms with van der Waals surface area (Å²) in [5.74, 6) is 0.948. The zero-order chi connectivity index (χ0) is 18.1. The Hall–Kier alpha value is -2.01. The quantitative estimate of drug-likeness (QED) is 0.778. The van der Waals surface area contributed by atoms with Gasteiger partial charge in [0.1, 0.15) is 11.3 Å². The summed E-state index contributed by atoms with van der Waals surface area (Å²) in [4.78, 5) is 26.0. The Bertz CT molecular complexity index is 852. The topological polar surface area (TPSA) is 59.8 Å². The predicted octanol–water partition coefficient (Wildman–Crippen LogP) is 3.78. The van der Waals surface area contributed by atoms with E-state index in [1.807, 2.05) is 11.8 Å². The molecule has 25 heavy (non-hydrogen) atoms. The number of benzene rings is 1. The molecule has 1 aromatic heterocycles. The Kier molecular flexibility index (Phi) is 5.04. The van der Waals surface area contributed by atoms with Gasteiger partial charge in [-0.05, 0) is 44.2 Å². The molecule has 0 N–H and O–H groups in total. The third-order valence-corrected chi connectivity index (χ3v) is 5.05. The fourth-order valence-corrected chi connectivity index (χ4v) is 3.35. The summed E-state index contributed by atoms with van der Waals surface area (Å²) in [6.07, 6.45) is 1.37. The number of likely N-dealkylation sites (tertiary alicyclic amines) is 1. The standard InChI is InChI=1S/C19H22ClNO4/c1-11-4-6-21(7-5-11)19(23)13(3)24-17-10-16-14(9-15(17)20)12(2)8-18(22)25-16/h8-11,13H,4-7H2,1-3H3. The number of hydrogen-bond donors (Lipinski definition) is 0. The molecule has 0 bridgehead atoms. The van der Waals surface area contributed by atoms with Crippen LogP contribution in [0.5, 0.6) is 5.75 Å². The van der Waals surface area contributed by atoms with Crippen molar-refractivity contribution in [3.63, 3.8) is 0 Å². The molecule has 1 saturated heterocycles. The SMILES string of the molecule is Cc1cc(=O)oc2cc(OC(C)C(=O)N3CCC(C)CC3)c(Cl)cc12. The van der Waals surface area contributed by atoms with Gasteiger partial charge in [0.15, 0.2) is 6.10 Å². The summed E-state index contributed by atoms with van der Waals surface area (Å²) in [6, 6.07) is 4.70. The first-order valence-electron chi connectivity index (χ1n) is 8.54. The van der Waals surface area contributed by atoms with Crippen molar-refractivity contribution in [1.29, 1.82) is 0 Å². The number of halogens is 1. The van der Waals surface area contributed by atoms with E-state index in [0.717, 1.165) is 36.9 Å². The fraction of sp³-hybridized carbons (Fsp3) is 0.474. The van der Waals surface area contributed by atoms with Crippen LogP contribution in [-0.4, -0.2) is 30.0 Å². The number of piperidine rings is 1.